The number of para-hydroxylation sites is 1. The topological polar surface area (TPSA) is 80.6 Å². The summed E-state index contributed by atoms with van der Waals surface area (Å²) in [5.41, 5.74) is 2.92. The number of fused-ring (bicyclic) bond motifs is 1. The molecule has 1 fully saturated rings. The van der Waals surface area contributed by atoms with Gasteiger partial charge in [0.25, 0.3) is 11.8 Å². The van der Waals surface area contributed by atoms with Gasteiger partial charge in [-0.25, -0.2) is 9.69 Å². The Morgan fingerprint density at radius 2 is 1.69 bits per heavy atom. The van der Waals surface area contributed by atoms with Crippen LogP contribution in [-0.4, -0.2) is 29.5 Å². The number of aryl methyl sites for hydroxylation is 1. The number of nitrogens with zero attached hydrogens (tertiary/aromatic N) is 2. The van der Waals surface area contributed by atoms with Crippen LogP contribution in [0.3, 0.4) is 0 Å². The van der Waals surface area contributed by atoms with Gasteiger partial charge in [-0.1, -0.05) is 18.2 Å². The standard InChI is InChI=1S/C22H19N3O4/c1-13-17(16-6-4-5-7-19(16)24(13)2)12-18-20(26)23-22(28)25(21(18)27)14-8-10-15(29-3)11-9-14/h4-12H,1-3H3,(H,23,26,28)/b18-12-. The largest absolute Gasteiger partial charge is 0.497 e. The van der Waals surface area contributed by atoms with Gasteiger partial charge in [0.2, 0.25) is 0 Å². The summed E-state index contributed by atoms with van der Waals surface area (Å²) in [5.74, 6) is -0.787. The van der Waals surface area contributed by atoms with Crippen LogP contribution >= 0.6 is 0 Å². The molecule has 0 spiro atoms. The predicted octanol–water partition coefficient (Wildman–Crippen LogP) is 3.16. The van der Waals surface area contributed by atoms with Crippen LogP contribution in [-0.2, 0) is 16.6 Å². The average Bonchev–Trinajstić information content (AvgIpc) is 2.96. The van der Waals surface area contributed by atoms with E-state index in [-0.39, 0.29) is 5.57 Å². The van der Waals surface area contributed by atoms with Crippen molar-refractivity contribution < 1.29 is 19.1 Å². The molecular formula is C22H19N3O4. The molecule has 1 aliphatic heterocycles. The first-order chi connectivity index (χ1) is 13.9. The van der Waals surface area contributed by atoms with Crippen molar-refractivity contribution >= 4 is 40.5 Å². The second-order valence-electron chi connectivity index (χ2n) is 6.73. The fourth-order valence-corrected chi connectivity index (χ4v) is 3.50. The summed E-state index contributed by atoms with van der Waals surface area (Å²) < 4.78 is 7.11. The Hall–Kier alpha value is -3.87. The Kier molecular flexibility index (Phi) is 4.43. The van der Waals surface area contributed by atoms with Crippen molar-refractivity contribution in [1.82, 2.24) is 9.88 Å². The monoisotopic (exact) mass is 389 g/mol. The van der Waals surface area contributed by atoms with Crippen LogP contribution in [0, 0.1) is 6.92 Å². The highest BCUT2D eigenvalue weighted by Gasteiger charge is 2.37. The number of methoxy groups -OCH3 is 1. The second kappa shape index (κ2) is 6.94. The van der Waals surface area contributed by atoms with E-state index in [0.717, 1.165) is 27.1 Å². The molecular weight excluding hydrogens is 370 g/mol. The quantitative estimate of drug-likeness (QED) is 0.551. The third kappa shape index (κ3) is 2.97. The van der Waals surface area contributed by atoms with Crippen molar-refractivity contribution in [1.29, 1.82) is 0 Å². The van der Waals surface area contributed by atoms with E-state index in [1.165, 1.54) is 7.11 Å². The maximum absolute atomic E-state index is 13.1. The van der Waals surface area contributed by atoms with E-state index in [1.807, 2.05) is 42.8 Å². The van der Waals surface area contributed by atoms with Gasteiger partial charge in [-0.3, -0.25) is 14.9 Å². The van der Waals surface area contributed by atoms with Gasteiger partial charge in [0, 0.05) is 29.2 Å². The zero-order valence-corrected chi connectivity index (χ0v) is 16.2. The highest BCUT2D eigenvalue weighted by molar-refractivity contribution is 6.39. The Morgan fingerprint density at radius 1 is 1.00 bits per heavy atom. The summed E-state index contributed by atoms with van der Waals surface area (Å²) in [7, 11) is 3.45. The van der Waals surface area contributed by atoms with Crippen LogP contribution in [0.15, 0.2) is 54.1 Å². The van der Waals surface area contributed by atoms with E-state index >= 15 is 0 Å². The minimum Gasteiger partial charge on any atom is -0.497 e. The second-order valence-corrected chi connectivity index (χ2v) is 6.73. The number of aromatic nitrogens is 1. The number of carbonyl (C=O) groups excluding carboxylic acids is 3. The van der Waals surface area contributed by atoms with Crippen LogP contribution in [0.25, 0.3) is 17.0 Å². The Balaban J connectivity index is 1.81. The third-order valence-electron chi connectivity index (χ3n) is 5.17. The molecule has 3 aromatic rings. The zero-order chi connectivity index (χ0) is 20.7. The highest BCUT2D eigenvalue weighted by atomic mass is 16.5. The molecule has 0 unspecified atom stereocenters. The van der Waals surface area contributed by atoms with Crippen LogP contribution in [0.4, 0.5) is 10.5 Å². The molecule has 0 bridgehead atoms. The minimum absolute atomic E-state index is 0.0973. The van der Waals surface area contributed by atoms with Gasteiger partial charge < -0.3 is 9.30 Å². The molecule has 0 saturated carbocycles. The minimum atomic E-state index is -0.781. The average molecular weight is 389 g/mol. The van der Waals surface area contributed by atoms with E-state index in [4.69, 9.17) is 4.74 Å². The molecule has 0 atom stereocenters. The molecule has 1 aromatic heterocycles. The molecule has 0 radical (unpaired) electrons. The van der Waals surface area contributed by atoms with Gasteiger partial charge in [0.05, 0.1) is 12.8 Å². The zero-order valence-electron chi connectivity index (χ0n) is 16.2. The number of hydrogen-bond acceptors (Lipinski definition) is 4. The van der Waals surface area contributed by atoms with Crippen molar-refractivity contribution in [3.05, 3.63) is 65.4 Å². The molecule has 7 heteroatoms. The fourth-order valence-electron chi connectivity index (χ4n) is 3.50. The number of hydrogen-bond donors (Lipinski definition) is 1. The van der Waals surface area contributed by atoms with Gasteiger partial charge in [0.15, 0.2) is 0 Å². The van der Waals surface area contributed by atoms with Crippen molar-refractivity contribution in [3.8, 4) is 5.75 Å². The van der Waals surface area contributed by atoms with E-state index in [1.54, 1.807) is 30.3 Å². The first kappa shape index (κ1) is 18.5. The number of nitrogens with one attached hydrogen (secondary N) is 1. The number of benzene rings is 2. The van der Waals surface area contributed by atoms with Crippen molar-refractivity contribution in [2.24, 2.45) is 7.05 Å². The lowest BCUT2D eigenvalue weighted by molar-refractivity contribution is -0.122. The number of amides is 4. The maximum Gasteiger partial charge on any atom is 0.335 e. The number of urea groups is 1. The van der Waals surface area contributed by atoms with Gasteiger partial charge in [-0.05, 0) is 43.3 Å². The van der Waals surface area contributed by atoms with E-state index in [0.29, 0.717) is 11.4 Å². The summed E-state index contributed by atoms with van der Waals surface area (Å²) in [5, 5.41) is 3.18. The Bertz CT molecular complexity index is 1190. The molecule has 1 N–H and O–H groups in total. The van der Waals surface area contributed by atoms with Gasteiger partial charge in [-0.15, -0.1) is 0 Å². The number of rotatable bonds is 3. The lowest BCUT2D eigenvalue weighted by atomic mass is 10.0. The highest BCUT2D eigenvalue weighted by Crippen LogP contribution is 2.29. The molecule has 0 aliphatic carbocycles. The molecule has 1 saturated heterocycles. The van der Waals surface area contributed by atoms with Gasteiger partial charge >= 0.3 is 6.03 Å². The van der Waals surface area contributed by atoms with Crippen molar-refractivity contribution in [2.45, 2.75) is 6.92 Å². The van der Waals surface area contributed by atoms with Crippen LogP contribution in [0.2, 0.25) is 0 Å². The lowest BCUT2D eigenvalue weighted by Gasteiger charge is -2.26. The molecule has 2 aromatic carbocycles. The Labute approximate surface area is 167 Å². The van der Waals surface area contributed by atoms with Crippen molar-refractivity contribution in [3.63, 3.8) is 0 Å². The molecule has 146 valence electrons. The van der Waals surface area contributed by atoms with Gasteiger partial charge in [0.1, 0.15) is 11.3 Å². The normalized spacial score (nSPS) is 15.9. The van der Waals surface area contributed by atoms with E-state index in [9.17, 15) is 14.4 Å². The summed E-state index contributed by atoms with van der Waals surface area (Å²) in [4.78, 5) is 38.9. The Morgan fingerprint density at radius 3 is 2.38 bits per heavy atom. The summed E-state index contributed by atoms with van der Waals surface area (Å²) in [6.07, 6.45) is 1.55. The number of anilines is 1. The molecule has 29 heavy (non-hydrogen) atoms. The predicted molar refractivity (Wildman–Crippen MR) is 110 cm³/mol. The summed E-state index contributed by atoms with van der Waals surface area (Å²) in [6.45, 7) is 1.92. The molecule has 2 heterocycles. The van der Waals surface area contributed by atoms with Crippen molar-refractivity contribution in [2.75, 3.05) is 12.0 Å². The summed E-state index contributed by atoms with van der Waals surface area (Å²) >= 11 is 0. The maximum atomic E-state index is 13.1. The number of imide groups is 2. The number of barbiturate groups is 1. The van der Waals surface area contributed by atoms with Crippen LogP contribution in [0.5, 0.6) is 5.75 Å². The number of carbonyl (C=O) groups is 3. The van der Waals surface area contributed by atoms with Crippen LogP contribution < -0.4 is 15.0 Å². The molecule has 7 nitrogen and oxygen atoms in total. The number of ether oxygens (including phenoxy) is 1. The van der Waals surface area contributed by atoms with E-state index in [2.05, 4.69) is 5.32 Å². The SMILES string of the molecule is COc1ccc(N2C(=O)NC(=O)/C(=C/c3c(C)n(C)c4ccccc34)C2=O)cc1. The smallest absolute Gasteiger partial charge is 0.335 e. The van der Waals surface area contributed by atoms with Gasteiger partial charge in [-0.2, -0.15) is 0 Å². The molecule has 1 aliphatic rings. The molecule has 4 rings (SSSR count). The fraction of sp³-hybridized carbons (Fsp3) is 0.136. The third-order valence-corrected chi connectivity index (χ3v) is 5.17. The first-order valence-electron chi connectivity index (χ1n) is 9.02. The van der Waals surface area contributed by atoms with Crippen LogP contribution in [0.1, 0.15) is 11.3 Å². The lowest BCUT2D eigenvalue weighted by Crippen LogP contribution is -2.54. The van der Waals surface area contributed by atoms with E-state index < -0.39 is 17.8 Å². The molecule has 4 amide bonds. The first-order valence-corrected chi connectivity index (χ1v) is 9.02. The summed E-state index contributed by atoms with van der Waals surface area (Å²) in [6, 6.07) is 13.4.